The fraction of sp³-hybridized carbons (Fsp3) is 0.667. The molecule has 8 nitrogen and oxygen atoms in total. The van der Waals surface area contributed by atoms with E-state index in [1.54, 1.807) is 0 Å². The largest absolute Gasteiger partial charge is 0.370 e. The Morgan fingerprint density at radius 3 is 2.71 bits per heavy atom. The Bertz CT molecular complexity index is 204. The normalized spacial score (nSPS) is 11.9. The van der Waals surface area contributed by atoms with Crippen molar-refractivity contribution in [2.75, 3.05) is 6.54 Å². The molecule has 0 heterocycles. The van der Waals surface area contributed by atoms with E-state index in [0.29, 0.717) is 19.4 Å². The molecule has 0 rings (SSSR count). The summed E-state index contributed by atoms with van der Waals surface area (Å²) in [6.07, 6.45) is 0.927. The fourth-order valence-corrected chi connectivity index (χ4v) is 0.758. The van der Waals surface area contributed by atoms with Crippen LogP contribution in [0.2, 0.25) is 0 Å². The Morgan fingerprint density at radius 1 is 1.57 bits per heavy atom. The molecule has 0 aromatic heterocycles. The lowest BCUT2D eigenvalue weighted by Gasteiger charge is -2.07. The van der Waals surface area contributed by atoms with Gasteiger partial charge in [-0.1, -0.05) is 0 Å². The highest BCUT2D eigenvalue weighted by atomic mass is 16.9. The quantitative estimate of drug-likeness (QED) is 0.143. The monoisotopic (exact) mass is 205 g/mol. The van der Waals surface area contributed by atoms with Gasteiger partial charge in [-0.3, -0.25) is 10.2 Å². The van der Waals surface area contributed by atoms with Gasteiger partial charge in [-0.05, 0) is 18.5 Å². The van der Waals surface area contributed by atoms with Crippen molar-refractivity contribution in [3.8, 4) is 0 Å². The van der Waals surface area contributed by atoms with Gasteiger partial charge in [0, 0.05) is 6.54 Å². The van der Waals surface area contributed by atoms with Crippen LogP contribution >= 0.6 is 0 Å². The third kappa shape index (κ3) is 6.17. The summed E-state index contributed by atoms with van der Waals surface area (Å²) in [7, 11) is 0. The van der Waals surface area contributed by atoms with Crippen LogP contribution in [0.15, 0.2) is 4.99 Å². The Balaban J connectivity index is 3.58. The summed E-state index contributed by atoms with van der Waals surface area (Å²) in [4.78, 5) is 18.6. The molecule has 0 aromatic carbocycles. The summed E-state index contributed by atoms with van der Waals surface area (Å²) >= 11 is 0. The molecule has 0 aliphatic heterocycles. The first-order valence-corrected chi connectivity index (χ1v) is 3.98. The van der Waals surface area contributed by atoms with Crippen molar-refractivity contribution in [3.05, 3.63) is 0 Å². The SMILES string of the molecule is NC(N)=NCCCC(N)C(=O)ONO. The second-order valence-corrected chi connectivity index (χ2v) is 2.57. The number of carbonyl (C=O) groups excluding carboxylic acids is 1. The van der Waals surface area contributed by atoms with E-state index >= 15 is 0 Å². The number of hydrogen-bond donors (Lipinski definition) is 5. The summed E-state index contributed by atoms with van der Waals surface area (Å²) in [5, 5.41) is 8.03. The zero-order valence-corrected chi connectivity index (χ0v) is 7.64. The summed E-state index contributed by atoms with van der Waals surface area (Å²) < 4.78 is 0. The molecule has 82 valence electrons. The van der Waals surface area contributed by atoms with Gasteiger partial charge in [0.15, 0.2) is 5.96 Å². The van der Waals surface area contributed by atoms with Crippen molar-refractivity contribution in [3.63, 3.8) is 0 Å². The summed E-state index contributed by atoms with van der Waals surface area (Å²) in [5.74, 6) is -0.740. The van der Waals surface area contributed by atoms with Crippen LogP contribution in [0.5, 0.6) is 0 Å². The van der Waals surface area contributed by atoms with Gasteiger partial charge in [-0.2, -0.15) is 0 Å². The van der Waals surface area contributed by atoms with Gasteiger partial charge in [0.25, 0.3) is 0 Å². The van der Waals surface area contributed by atoms with Gasteiger partial charge in [0.2, 0.25) is 0 Å². The van der Waals surface area contributed by atoms with Crippen LogP contribution in [-0.4, -0.2) is 29.7 Å². The lowest BCUT2D eigenvalue weighted by molar-refractivity contribution is -0.178. The minimum atomic E-state index is -0.802. The van der Waals surface area contributed by atoms with Crippen molar-refractivity contribution in [2.45, 2.75) is 18.9 Å². The molecule has 14 heavy (non-hydrogen) atoms. The third-order valence-electron chi connectivity index (χ3n) is 1.42. The molecule has 8 N–H and O–H groups in total. The molecule has 0 saturated carbocycles. The number of nitrogens with two attached hydrogens (primary N) is 3. The van der Waals surface area contributed by atoms with Gasteiger partial charge in [0.05, 0.1) is 0 Å². The molecule has 0 amide bonds. The molecule has 0 radical (unpaired) electrons. The number of hydrogen-bond acceptors (Lipinski definition) is 6. The van der Waals surface area contributed by atoms with Crippen LogP contribution in [0.25, 0.3) is 0 Å². The summed E-state index contributed by atoms with van der Waals surface area (Å²) in [5.41, 5.74) is 16.8. The molecule has 1 atom stereocenters. The molecule has 0 aliphatic rings. The zero-order valence-electron chi connectivity index (χ0n) is 7.64. The molecule has 0 saturated heterocycles. The van der Waals surface area contributed by atoms with Crippen LogP contribution in [0.4, 0.5) is 0 Å². The van der Waals surface area contributed by atoms with Crippen molar-refractivity contribution < 1.29 is 14.8 Å². The highest BCUT2D eigenvalue weighted by Gasteiger charge is 2.14. The van der Waals surface area contributed by atoms with Crippen molar-refractivity contribution in [2.24, 2.45) is 22.2 Å². The second kappa shape index (κ2) is 7.06. The minimum Gasteiger partial charge on any atom is -0.370 e. The van der Waals surface area contributed by atoms with E-state index < -0.39 is 12.0 Å². The molecule has 0 bridgehead atoms. The Kier molecular flexibility index (Phi) is 6.37. The number of carbonyl (C=O) groups is 1. The van der Waals surface area contributed by atoms with Crippen molar-refractivity contribution in [1.29, 1.82) is 0 Å². The molecular formula is C6H15N5O3. The first-order chi connectivity index (χ1) is 6.57. The zero-order chi connectivity index (χ0) is 11.0. The van der Waals surface area contributed by atoms with E-state index in [9.17, 15) is 4.79 Å². The number of rotatable bonds is 6. The molecular weight excluding hydrogens is 190 g/mol. The minimum absolute atomic E-state index is 0.00169. The molecule has 0 spiro atoms. The van der Waals surface area contributed by atoms with E-state index in [-0.39, 0.29) is 5.96 Å². The maximum atomic E-state index is 10.8. The molecule has 0 aromatic rings. The molecule has 0 aliphatic carbocycles. The van der Waals surface area contributed by atoms with Crippen LogP contribution in [0, 0.1) is 0 Å². The average Bonchev–Trinajstić information content (AvgIpc) is 2.12. The predicted octanol–water partition coefficient (Wildman–Crippen LogP) is -2.20. The van der Waals surface area contributed by atoms with Crippen LogP contribution < -0.4 is 22.8 Å². The lowest BCUT2D eigenvalue weighted by Crippen LogP contribution is -2.35. The standard InChI is InChI=1S/C6H15N5O3/c7-4(5(12)14-11-13)2-1-3-10-6(8)9/h4,11,13H,1-3,7H2,(H4,8,9,10). The smallest absolute Gasteiger partial charge is 0.344 e. The number of nitrogens with zero attached hydrogens (tertiary/aromatic N) is 1. The Hall–Kier alpha value is -1.38. The van der Waals surface area contributed by atoms with Gasteiger partial charge in [-0.15, -0.1) is 0 Å². The van der Waals surface area contributed by atoms with E-state index in [2.05, 4.69) is 9.83 Å². The number of aliphatic imine (C=N–C) groups is 1. The summed E-state index contributed by atoms with van der Waals surface area (Å²) in [6.45, 7) is 0.399. The number of nitrogens with one attached hydrogen (secondary N) is 1. The lowest BCUT2D eigenvalue weighted by atomic mass is 10.2. The van der Waals surface area contributed by atoms with Crippen LogP contribution in [-0.2, 0) is 9.63 Å². The maximum Gasteiger partial charge on any atom is 0.344 e. The highest BCUT2D eigenvalue weighted by molar-refractivity contribution is 5.76. The topological polar surface area (TPSA) is 149 Å². The first-order valence-electron chi connectivity index (χ1n) is 3.98. The predicted molar refractivity (Wildman–Crippen MR) is 48.9 cm³/mol. The molecule has 0 fully saturated rings. The van der Waals surface area contributed by atoms with E-state index in [1.807, 2.05) is 0 Å². The first kappa shape index (κ1) is 12.6. The maximum absolute atomic E-state index is 10.8. The van der Waals surface area contributed by atoms with E-state index in [0.717, 1.165) is 0 Å². The average molecular weight is 205 g/mol. The Morgan fingerprint density at radius 2 is 2.21 bits per heavy atom. The second-order valence-electron chi connectivity index (χ2n) is 2.57. The van der Waals surface area contributed by atoms with E-state index in [4.69, 9.17) is 22.4 Å². The van der Waals surface area contributed by atoms with Gasteiger partial charge >= 0.3 is 5.97 Å². The number of guanidine groups is 1. The Labute approximate surface area is 81.0 Å². The fourth-order valence-electron chi connectivity index (χ4n) is 0.758. The van der Waals surface area contributed by atoms with Gasteiger partial charge < -0.3 is 22.0 Å². The summed E-state index contributed by atoms with van der Waals surface area (Å²) in [6, 6.07) is -0.802. The van der Waals surface area contributed by atoms with Gasteiger partial charge in [-0.25, -0.2) is 4.79 Å². The van der Waals surface area contributed by atoms with Crippen LogP contribution in [0.3, 0.4) is 0 Å². The molecule has 8 heteroatoms. The van der Waals surface area contributed by atoms with Crippen LogP contribution in [0.1, 0.15) is 12.8 Å². The highest BCUT2D eigenvalue weighted by Crippen LogP contribution is 1.96. The van der Waals surface area contributed by atoms with E-state index in [1.165, 1.54) is 5.64 Å². The van der Waals surface area contributed by atoms with Crippen molar-refractivity contribution in [1.82, 2.24) is 5.64 Å². The molecule has 1 unspecified atom stereocenters. The third-order valence-corrected chi connectivity index (χ3v) is 1.42. The van der Waals surface area contributed by atoms with Crippen molar-refractivity contribution >= 4 is 11.9 Å². The van der Waals surface area contributed by atoms with Gasteiger partial charge in [0.1, 0.15) is 6.04 Å².